The minimum absolute atomic E-state index is 0.0351. The Bertz CT molecular complexity index is 594. The van der Waals surface area contributed by atoms with Crippen LogP contribution in [0.2, 0.25) is 0 Å². The number of aryl methyl sites for hydroxylation is 2. The maximum atomic E-state index is 12.6. The van der Waals surface area contributed by atoms with E-state index in [2.05, 4.69) is 10.5 Å². The van der Waals surface area contributed by atoms with Gasteiger partial charge in [-0.2, -0.15) is 4.31 Å². The molecular formula is C13H23N3O4S. The normalized spacial score (nSPS) is 12.7. The van der Waals surface area contributed by atoms with Gasteiger partial charge >= 0.3 is 0 Å². The summed E-state index contributed by atoms with van der Waals surface area (Å²) in [7, 11) is -3.80. The van der Waals surface area contributed by atoms with Crippen molar-refractivity contribution >= 4 is 15.9 Å². The van der Waals surface area contributed by atoms with Gasteiger partial charge in [-0.1, -0.05) is 12.1 Å². The molecule has 0 spiro atoms. The molecule has 0 radical (unpaired) electrons. The summed E-state index contributed by atoms with van der Waals surface area (Å²) in [5, 5.41) is 6.40. The number of nitrogens with one attached hydrogen (secondary N) is 1. The van der Waals surface area contributed by atoms with Crippen LogP contribution in [0.3, 0.4) is 0 Å². The quantitative estimate of drug-likeness (QED) is 0.881. The molecule has 0 aromatic carbocycles. The van der Waals surface area contributed by atoms with E-state index in [4.69, 9.17) is 4.52 Å². The Morgan fingerprint density at radius 1 is 1.33 bits per heavy atom. The standard InChI is InChI=1S/C13H23N3O4S/c1-7-16(8-11(17)14-13(4,5)6)21(18,19)12-9(2)15-20-10(12)3/h7-8H2,1-6H3,(H,14,17). The highest BCUT2D eigenvalue weighted by atomic mass is 32.2. The van der Waals surface area contributed by atoms with Crippen molar-refractivity contribution in [2.24, 2.45) is 0 Å². The van der Waals surface area contributed by atoms with Gasteiger partial charge in [-0.05, 0) is 34.6 Å². The molecule has 0 atom stereocenters. The van der Waals surface area contributed by atoms with Crippen molar-refractivity contribution in [3.8, 4) is 0 Å². The van der Waals surface area contributed by atoms with E-state index in [1.807, 2.05) is 20.8 Å². The summed E-state index contributed by atoms with van der Waals surface area (Å²) in [6, 6.07) is 0. The molecule has 1 heterocycles. The van der Waals surface area contributed by atoms with Crippen LogP contribution in [0.4, 0.5) is 0 Å². The van der Waals surface area contributed by atoms with Crippen LogP contribution in [0.25, 0.3) is 0 Å². The van der Waals surface area contributed by atoms with Crippen LogP contribution < -0.4 is 5.32 Å². The Labute approximate surface area is 125 Å². The van der Waals surface area contributed by atoms with Gasteiger partial charge in [-0.3, -0.25) is 4.79 Å². The molecule has 0 unspecified atom stereocenters. The molecule has 8 heteroatoms. The Morgan fingerprint density at radius 2 is 1.90 bits per heavy atom. The fourth-order valence-corrected chi connectivity index (χ4v) is 3.65. The summed E-state index contributed by atoms with van der Waals surface area (Å²) < 4.78 is 31.2. The largest absolute Gasteiger partial charge is 0.360 e. The lowest BCUT2D eigenvalue weighted by molar-refractivity contribution is -0.122. The number of hydrogen-bond donors (Lipinski definition) is 1. The molecule has 120 valence electrons. The topological polar surface area (TPSA) is 92.5 Å². The lowest BCUT2D eigenvalue weighted by Gasteiger charge is -2.24. The summed E-state index contributed by atoms with van der Waals surface area (Å²) in [6.07, 6.45) is 0. The molecule has 21 heavy (non-hydrogen) atoms. The second kappa shape index (κ2) is 6.15. The molecule has 0 aliphatic carbocycles. The van der Waals surface area contributed by atoms with Crippen LogP contribution in [0, 0.1) is 13.8 Å². The number of likely N-dealkylation sites (N-methyl/N-ethyl adjacent to an activating group) is 1. The molecular weight excluding hydrogens is 294 g/mol. The summed E-state index contributed by atoms with van der Waals surface area (Å²) >= 11 is 0. The van der Waals surface area contributed by atoms with E-state index in [0.717, 1.165) is 4.31 Å². The minimum atomic E-state index is -3.80. The highest BCUT2D eigenvalue weighted by Gasteiger charge is 2.31. The second-order valence-electron chi connectivity index (χ2n) is 5.88. The van der Waals surface area contributed by atoms with E-state index in [1.165, 1.54) is 6.92 Å². The van der Waals surface area contributed by atoms with Crippen LogP contribution in [0.15, 0.2) is 9.42 Å². The first-order valence-corrected chi connectivity index (χ1v) is 8.17. The summed E-state index contributed by atoms with van der Waals surface area (Å²) in [5.41, 5.74) is -0.120. The van der Waals surface area contributed by atoms with Crippen LogP contribution in [0.5, 0.6) is 0 Å². The molecule has 1 aromatic heterocycles. The molecule has 0 fully saturated rings. The predicted molar refractivity (Wildman–Crippen MR) is 78.3 cm³/mol. The number of hydrogen-bond acceptors (Lipinski definition) is 5. The van der Waals surface area contributed by atoms with Gasteiger partial charge in [-0.25, -0.2) is 8.42 Å². The molecule has 7 nitrogen and oxygen atoms in total. The maximum absolute atomic E-state index is 12.6. The van der Waals surface area contributed by atoms with Gasteiger partial charge in [0, 0.05) is 12.1 Å². The Kier molecular flexibility index (Phi) is 5.16. The summed E-state index contributed by atoms with van der Waals surface area (Å²) in [6.45, 7) is 10.2. The van der Waals surface area contributed by atoms with E-state index < -0.39 is 15.6 Å². The second-order valence-corrected chi connectivity index (χ2v) is 7.76. The van der Waals surface area contributed by atoms with Crippen LogP contribution in [-0.2, 0) is 14.8 Å². The first-order valence-electron chi connectivity index (χ1n) is 6.73. The van der Waals surface area contributed by atoms with Crippen molar-refractivity contribution in [1.29, 1.82) is 0 Å². The van der Waals surface area contributed by atoms with Gasteiger partial charge < -0.3 is 9.84 Å². The fraction of sp³-hybridized carbons (Fsp3) is 0.692. The van der Waals surface area contributed by atoms with Gasteiger partial charge in [0.05, 0.1) is 6.54 Å². The average Bonchev–Trinajstić information content (AvgIpc) is 2.63. The van der Waals surface area contributed by atoms with E-state index in [9.17, 15) is 13.2 Å². The number of rotatable bonds is 5. The molecule has 1 aromatic rings. The Morgan fingerprint density at radius 3 is 2.29 bits per heavy atom. The molecule has 0 bridgehead atoms. The maximum Gasteiger partial charge on any atom is 0.248 e. The SMILES string of the molecule is CCN(CC(=O)NC(C)(C)C)S(=O)(=O)c1c(C)noc1C. The third-order valence-electron chi connectivity index (χ3n) is 2.75. The summed E-state index contributed by atoms with van der Waals surface area (Å²) in [5.74, 6) is -0.123. The minimum Gasteiger partial charge on any atom is -0.360 e. The number of carbonyl (C=O) groups excluding carboxylic acids is 1. The highest BCUT2D eigenvalue weighted by molar-refractivity contribution is 7.89. The van der Waals surface area contributed by atoms with Crippen LogP contribution in [-0.4, -0.2) is 42.4 Å². The third-order valence-corrected chi connectivity index (χ3v) is 4.92. The number of nitrogens with zero attached hydrogens (tertiary/aromatic N) is 2. The third kappa shape index (κ3) is 4.28. The first kappa shape index (κ1) is 17.6. The number of amides is 1. The lowest BCUT2D eigenvalue weighted by atomic mass is 10.1. The van der Waals surface area contributed by atoms with E-state index in [1.54, 1.807) is 13.8 Å². The van der Waals surface area contributed by atoms with Crippen LogP contribution >= 0.6 is 0 Å². The molecule has 0 saturated carbocycles. The van der Waals surface area contributed by atoms with Crippen molar-refractivity contribution < 1.29 is 17.7 Å². The van der Waals surface area contributed by atoms with Crippen molar-refractivity contribution in [2.75, 3.05) is 13.1 Å². The zero-order valence-corrected chi connectivity index (χ0v) is 14.2. The molecule has 1 N–H and O–H groups in total. The number of carbonyl (C=O) groups is 1. The van der Waals surface area contributed by atoms with Gasteiger partial charge in [0.1, 0.15) is 10.6 Å². The lowest BCUT2D eigenvalue weighted by Crippen LogP contribution is -2.47. The molecule has 0 aliphatic heterocycles. The van der Waals surface area contributed by atoms with E-state index in [-0.39, 0.29) is 29.7 Å². The number of sulfonamides is 1. The molecule has 1 amide bonds. The van der Waals surface area contributed by atoms with Crippen molar-refractivity contribution in [2.45, 2.75) is 52.0 Å². The van der Waals surface area contributed by atoms with Gasteiger partial charge in [0.2, 0.25) is 15.9 Å². The Balaban J connectivity index is 3.02. The van der Waals surface area contributed by atoms with Gasteiger partial charge in [0.15, 0.2) is 5.76 Å². The predicted octanol–water partition coefficient (Wildman–Crippen LogP) is 1.22. The van der Waals surface area contributed by atoms with Crippen molar-refractivity contribution in [1.82, 2.24) is 14.8 Å². The van der Waals surface area contributed by atoms with Crippen molar-refractivity contribution in [3.05, 3.63) is 11.5 Å². The molecule has 0 aliphatic rings. The monoisotopic (exact) mass is 317 g/mol. The van der Waals surface area contributed by atoms with E-state index in [0.29, 0.717) is 5.69 Å². The Hall–Kier alpha value is -1.41. The van der Waals surface area contributed by atoms with Crippen LogP contribution in [0.1, 0.15) is 39.1 Å². The first-order chi connectivity index (χ1) is 9.49. The average molecular weight is 317 g/mol. The molecule has 1 rings (SSSR count). The summed E-state index contributed by atoms with van der Waals surface area (Å²) in [4.78, 5) is 12.0. The zero-order chi connectivity index (χ0) is 16.4. The zero-order valence-electron chi connectivity index (χ0n) is 13.3. The van der Waals surface area contributed by atoms with E-state index >= 15 is 0 Å². The number of aromatic nitrogens is 1. The molecule has 0 saturated heterocycles. The van der Waals surface area contributed by atoms with Gasteiger partial charge in [0.25, 0.3) is 0 Å². The van der Waals surface area contributed by atoms with Gasteiger partial charge in [-0.15, -0.1) is 0 Å². The highest BCUT2D eigenvalue weighted by Crippen LogP contribution is 2.22. The van der Waals surface area contributed by atoms with Crippen molar-refractivity contribution in [3.63, 3.8) is 0 Å². The smallest absolute Gasteiger partial charge is 0.248 e. The fourth-order valence-electron chi connectivity index (χ4n) is 1.96.